The van der Waals surface area contributed by atoms with Gasteiger partial charge in [0, 0.05) is 12.5 Å². The molecule has 3 aromatic rings. The van der Waals surface area contributed by atoms with E-state index in [0.717, 1.165) is 6.08 Å². The SMILES string of the molecule is O=C(OCC[C@@H](OC(=O)c1ccccc1)/C(=C\[C@@H](O)O[C@@H]1C2CO[C@H](O2)C2OC21)OC(=O)c1ccccc1)c1ccccc1. The molecule has 7 atom stereocenters. The van der Waals surface area contributed by atoms with E-state index in [-0.39, 0.29) is 48.7 Å². The predicted molar refractivity (Wildman–Crippen MR) is 151 cm³/mol. The number of rotatable bonds is 12. The van der Waals surface area contributed by atoms with Gasteiger partial charge in [0.1, 0.15) is 30.2 Å². The molecule has 1 N–H and O–H groups in total. The highest BCUT2D eigenvalue weighted by Gasteiger charge is 2.62. The highest BCUT2D eigenvalue weighted by Crippen LogP contribution is 2.43. The van der Waals surface area contributed by atoms with Gasteiger partial charge >= 0.3 is 17.9 Å². The third-order valence-electron chi connectivity index (χ3n) is 7.28. The lowest BCUT2D eigenvalue weighted by Crippen LogP contribution is -2.43. The van der Waals surface area contributed by atoms with E-state index in [1.807, 2.05) is 0 Å². The van der Waals surface area contributed by atoms with Crippen LogP contribution >= 0.6 is 0 Å². The highest BCUT2D eigenvalue weighted by molar-refractivity contribution is 5.91. The van der Waals surface area contributed by atoms with E-state index in [4.69, 9.17) is 33.2 Å². The van der Waals surface area contributed by atoms with Crippen molar-refractivity contribution in [1.82, 2.24) is 0 Å². The van der Waals surface area contributed by atoms with Gasteiger partial charge < -0.3 is 38.3 Å². The number of carbonyl (C=O) groups excluding carboxylic acids is 3. The average Bonchev–Trinajstić information content (AvgIpc) is 3.75. The Morgan fingerprint density at radius 3 is 2.02 bits per heavy atom. The van der Waals surface area contributed by atoms with Crippen LogP contribution in [0.4, 0.5) is 0 Å². The Hall–Kier alpha value is -4.39. The van der Waals surface area contributed by atoms with Crippen LogP contribution in [0.5, 0.6) is 0 Å². The molecule has 2 bridgehead atoms. The summed E-state index contributed by atoms with van der Waals surface area (Å²) in [6, 6.07) is 24.8. The molecule has 0 radical (unpaired) electrons. The Morgan fingerprint density at radius 2 is 1.39 bits per heavy atom. The Kier molecular flexibility index (Phi) is 9.10. The lowest BCUT2D eigenvalue weighted by Gasteiger charge is -2.27. The molecule has 228 valence electrons. The molecule has 3 aromatic carbocycles. The molecular formula is C33H30O11. The van der Waals surface area contributed by atoms with Crippen LogP contribution in [0.15, 0.2) is 103 Å². The van der Waals surface area contributed by atoms with Crippen LogP contribution < -0.4 is 0 Å². The molecule has 0 aliphatic carbocycles. The topological polar surface area (TPSA) is 139 Å². The van der Waals surface area contributed by atoms with E-state index < -0.39 is 48.8 Å². The molecule has 11 nitrogen and oxygen atoms in total. The lowest BCUT2D eigenvalue weighted by molar-refractivity contribution is -0.169. The predicted octanol–water partition coefficient (Wildman–Crippen LogP) is 3.43. The fraction of sp³-hybridized carbons (Fsp3) is 0.303. The van der Waals surface area contributed by atoms with Gasteiger partial charge in [-0.25, -0.2) is 14.4 Å². The van der Waals surface area contributed by atoms with E-state index in [1.54, 1.807) is 91.0 Å². The molecule has 3 aliphatic heterocycles. The number of hydrogen-bond donors (Lipinski definition) is 1. The summed E-state index contributed by atoms with van der Waals surface area (Å²) < 4.78 is 39.7. The molecule has 3 fully saturated rings. The Balaban J connectivity index is 1.24. The monoisotopic (exact) mass is 602 g/mol. The van der Waals surface area contributed by atoms with Crippen molar-refractivity contribution in [2.45, 2.75) is 49.5 Å². The third kappa shape index (κ3) is 7.04. The molecule has 3 saturated heterocycles. The van der Waals surface area contributed by atoms with Crippen molar-refractivity contribution in [3.63, 3.8) is 0 Å². The first-order valence-electron chi connectivity index (χ1n) is 14.2. The van der Waals surface area contributed by atoms with Crippen molar-refractivity contribution in [3.05, 3.63) is 120 Å². The third-order valence-corrected chi connectivity index (χ3v) is 7.28. The second kappa shape index (κ2) is 13.5. The molecule has 0 amide bonds. The van der Waals surface area contributed by atoms with Crippen LogP contribution in [0.3, 0.4) is 0 Å². The van der Waals surface area contributed by atoms with E-state index in [1.165, 1.54) is 0 Å². The second-order valence-corrected chi connectivity index (χ2v) is 10.3. The van der Waals surface area contributed by atoms with Crippen molar-refractivity contribution in [1.29, 1.82) is 0 Å². The molecule has 3 unspecified atom stereocenters. The number of aliphatic hydroxyl groups is 1. The molecule has 0 spiro atoms. The first-order valence-corrected chi connectivity index (χ1v) is 14.2. The summed E-state index contributed by atoms with van der Waals surface area (Å²) in [6.07, 6.45) is -4.00. The summed E-state index contributed by atoms with van der Waals surface area (Å²) in [4.78, 5) is 38.9. The van der Waals surface area contributed by atoms with Crippen molar-refractivity contribution in [2.24, 2.45) is 0 Å². The zero-order chi connectivity index (χ0) is 30.5. The van der Waals surface area contributed by atoms with Gasteiger partial charge in [-0.3, -0.25) is 0 Å². The van der Waals surface area contributed by atoms with Gasteiger partial charge in [0.25, 0.3) is 0 Å². The fourth-order valence-corrected chi connectivity index (χ4v) is 5.02. The molecule has 44 heavy (non-hydrogen) atoms. The highest BCUT2D eigenvalue weighted by atomic mass is 16.8. The van der Waals surface area contributed by atoms with Crippen molar-refractivity contribution >= 4 is 17.9 Å². The van der Waals surface area contributed by atoms with E-state index in [9.17, 15) is 19.5 Å². The molecule has 11 heteroatoms. The maximum Gasteiger partial charge on any atom is 0.343 e. The molecular weight excluding hydrogens is 572 g/mol. The van der Waals surface area contributed by atoms with Gasteiger partial charge in [0.2, 0.25) is 0 Å². The first kappa shape index (κ1) is 29.7. The van der Waals surface area contributed by atoms with E-state index >= 15 is 0 Å². The van der Waals surface area contributed by atoms with Crippen LogP contribution in [-0.4, -0.2) is 79.3 Å². The van der Waals surface area contributed by atoms with Crippen LogP contribution in [0, 0.1) is 0 Å². The van der Waals surface area contributed by atoms with Gasteiger partial charge in [-0.1, -0.05) is 54.6 Å². The maximum absolute atomic E-state index is 13.1. The summed E-state index contributed by atoms with van der Waals surface area (Å²) in [7, 11) is 0. The minimum Gasteiger partial charge on any atom is -0.462 e. The summed E-state index contributed by atoms with van der Waals surface area (Å²) in [5, 5.41) is 11.0. The molecule has 3 aliphatic rings. The summed E-state index contributed by atoms with van der Waals surface area (Å²) in [5.74, 6) is -2.27. The summed E-state index contributed by atoms with van der Waals surface area (Å²) >= 11 is 0. The van der Waals surface area contributed by atoms with Gasteiger partial charge in [-0.15, -0.1) is 0 Å². The maximum atomic E-state index is 13.1. The smallest absolute Gasteiger partial charge is 0.343 e. The number of benzene rings is 3. The van der Waals surface area contributed by atoms with Crippen LogP contribution in [0.2, 0.25) is 0 Å². The van der Waals surface area contributed by atoms with Gasteiger partial charge in [-0.2, -0.15) is 0 Å². The van der Waals surface area contributed by atoms with Crippen LogP contribution in [0.25, 0.3) is 0 Å². The van der Waals surface area contributed by atoms with Crippen molar-refractivity contribution in [2.75, 3.05) is 13.2 Å². The van der Waals surface area contributed by atoms with Crippen LogP contribution in [0.1, 0.15) is 37.5 Å². The zero-order valence-corrected chi connectivity index (χ0v) is 23.4. The molecule has 3 heterocycles. The van der Waals surface area contributed by atoms with Crippen molar-refractivity contribution < 1.29 is 52.6 Å². The van der Waals surface area contributed by atoms with Crippen molar-refractivity contribution in [3.8, 4) is 0 Å². The molecule has 0 saturated carbocycles. The van der Waals surface area contributed by atoms with Gasteiger partial charge in [0.15, 0.2) is 18.7 Å². The summed E-state index contributed by atoms with van der Waals surface area (Å²) in [6.45, 7) is 0.0780. The van der Waals surface area contributed by atoms with Gasteiger partial charge in [-0.05, 0) is 36.4 Å². The largest absolute Gasteiger partial charge is 0.462 e. The number of carbonyl (C=O) groups is 3. The minimum absolute atomic E-state index is 0.101. The summed E-state index contributed by atoms with van der Waals surface area (Å²) in [5.41, 5.74) is 0.812. The average molecular weight is 603 g/mol. The number of esters is 3. The standard InChI is InChI=1S/C33H30O11/c34-26(43-27-25-19-39-33(42-25)29-28(27)44-29)18-24(41-32(37)22-14-8-3-9-15-22)23(40-31(36)21-12-6-2-7-13-21)16-17-38-30(35)20-10-4-1-5-11-20/h1-15,18,23,25-29,33-34H,16-17,19H2/b24-18+/t23-,25?,26+,27-,28?,29?,33-/m1/s1. The molecule has 6 rings (SSSR count). The van der Waals surface area contributed by atoms with E-state index in [2.05, 4.69) is 0 Å². The Bertz CT molecular complexity index is 1480. The normalized spacial score (nSPS) is 24.8. The van der Waals surface area contributed by atoms with Gasteiger partial charge in [0.05, 0.1) is 29.9 Å². The van der Waals surface area contributed by atoms with E-state index in [0.29, 0.717) is 5.56 Å². The number of fused-ring (bicyclic) bond motifs is 4. The number of ether oxygens (including phenoxy) is 7. The Labute approximate surface area is 252 Å². The zero-order valence-electron chi connectivity index (χ0n) is 23.4. The fourth-order valence-electron chi connectivity index (χ4n) is 5.02. The van der Waals surface area contributed by atoms with Crippen LogP contribution in [-0.2, 0) is 33.2 Å². The molecule has 0 aromatic heterocycles. The second-order valence-electron chi connectivity index (χ2n) is 10.3. The number of epoxide rings is 1. The number of hydrogen-bond acceptors (Lipinski definition) is 11. The first-order chi connectivity index (χ1) is 21.5. The number of aliphatic hydroxyl groups excluding tert-OH is 1. The minimum atomic E-state index is -1.62. The quantitative estimate of drug-likeness (QED) is 0.107. The lowest BCUT2D eigenvalue weighted by atomic mass is 10.1. The Morgan fingerprint density at radius 1 is 0.795 bits per heavy atom.